The van der Waals surface area contributed by atoms with E-state index in [-0.39, 0.29) is 23.3 Å². The largest absolute Gasteiger partial charge is 0.507 e. The van der Waals surface area contributed by atoms with Crippen LogP contribution in [0, 0.1) is 5.82 Å². The fourth-order valence-electron chi connectivity index (χ4n) is 2.43. The third-order valence-corrected chi connectivity index (χ3v) is 3.60. The van der Waals surface area contributed by atoms with Gasteiger partial charge in [0, 0.05) is 19.2 Å². The lowest BCUT2D eigenvalue weighted by Crippen LogP contribution is -2.37. The highest BCUT2D eigenvalue weighted by Crippen LogP contribution is 2.22. The third-order valence-electron chi connectivity index (χ3n) is 3.60. The van der Waals surface area contributed by atoms with E-state index in [1.807, 2.05) is 0 Å². The van der Waals surface area contributed by atoms with Gasteiger partial charge in [0.15, 0.2) is 0 Å². The molecule has 2 rings (SSSR count). The molecule has 1 aliphatic heterocycles. The first kappa shape index (κ1) is 13.8. The molecule has 0 radical (unpaired) electrons. The molecule has 0 saturated carbocycles. The summed E-state index contributed by atoms with van der Waals surface area (Å²) >= 11 is 0. The summed E-state index contributed by atoms with van der Waals surface area (Å²) in [6, 6.07) is 3.65. The molecule has 5 heteroatoms. The van der Waals surface area contributed by atoms with Crippen LogP contribution in [0.5, 0.6) is 5.75 Å². The van der Waals surface area contributed by atoms with Crippen molar-refractivity contribution in [3.63, 3.8) is 0 Å². The van der Waals surface area contributed by atoms with E-state index in [0.29, 0.717) is 0 Å². The number of carbonyl (C=O) groups is 1. The summed E-state index contributed by atoms with van der Waals surface area (Å²) in [5, 5.41) is 13.0. The Morgan fingerprint density at radius 3 is 2.95 bits per heavy atom. The van der Waals surface area contributed by atoms with Gasteiger partial charge in [-0.15, -0.1) is 0 Å². The zero-order valence-corrected chi connectivity index (χ0v) is 11.0. The Labute approximate surface area is 112 Å². The Bertz CT molecular complexity index is 457. The maximum Gasteiger partial charge on any atom is 0.257 e. The number of benzene rings is 1. The number of nitrogens with zero attached hydrogens (tertiary/aromatic N) is 1. The van der Waals surface area contributed by atoms with Gasteiger partial charge < -0.3 is 15.3 Å². The highest BCUT2D eigenvalue weighted by atomic mass is 19.1. The van der Waals surface area contributed by atoms with Gasteiger partial charge in [-0.05, 0) is 44.5 Å². The maximum absolute atomic E-state index is 12.9. The molecule has 1 unspecified atom stereocenters. The molecule has 1 saturated heterocycles. The van der Waals surface area contributed by atoms with Crippen LogP contribution in [0.25, 0.3) is 0 Å². The molecule has 1 fully saturated rings. The molecule has 0 aromatic heterocycles. The zero-order chi connectivity index (χ0) is 13.8. The summed E-state index contributed by atoms with van der Waals surface area (Å²) in [5.41, 5.74) is 0.154. The predicted octanol–water partition coefficient (Wildman–Crippen LogP) is 1.75. The predicted molar refractivity (Wildman–Crippen MR) is 70.7 cm³/mol. The second kappa shape index (κ2) is 6.02. The SMILES string of the molecule is CN(C(=O)c1ccc(F)cc1O)C1CCCNCC1. The van der Waals surface area contributed by atoms with Crippen molar-refractivity contribution in [3.8, 4) is 5.75 Å². The van der Waals surface area contributed by atoms with Crippen LogP contribution >= 0.6 is 0 Å². The second-order valence-electron chi connectivity index (χ2n) is 4.91. The first-order valence-electron chi connectivity index (χ1n) is 6.56. The molecule has 0 aliphatic carbocycles. The molecule has 1 amide bonds. The van der Waals surface area contributed by atoms with Crippen LogP contribution in [0.2, 0.25) is 0 Å². The van der Waals surface area contributed by atoms with Gasteiger partial charge in [0.1, 0.15) is 11.6 Å². The van der Waals surface area contributed by atoms with Gasteiger partial charge in [0.25, 0.3) is 5.91 Å². The number of carbonyl (C=O) groups excluding carboxylic acids is 1. The molecule has 1 aliphatic rings. The Hall–Kier alpha value is -1.62. The number of amides is 1. The summed E-state index contributed by atoms with van der Waals surface area (Å²) < 4.78 is 12.9. The van der Waals surface area contributed by atoms with Crippen molar-refractivity contribution >= 4 is 5.91 Å². The second-order valence-corrected chi connectivity index (χ2v) is 4.91. The van der Waals surface area contributed by atoms with Crippen LogP contribution in [0.4, 0.5) is 4.39 Å². The van der Waals surface area contributed by atoms with E-state index in [1.54, 1.807) is 11.9 Å². The summed E-state index contributed by atoms with van der Waals surface area (Å²) in [7, 11) is 1.74. The van der Waals surface area contributed by atoms with E-state index in [4.69, 9.17) is 0 Å². The molecule has 0 spiro atoms. The first-order chi connectivity index (χ1) is 9.09. The first-order valence-corrected chi connectivity index (χ1v) is 6.56. The lowest BCUT2D eigenvalue weighted by atomic mass is 10.1. The van der Waals surface area contributed by atoms with E-state index in [2.05, 4.69) is 5.32 Å². The molecule has 1 heterocycles. The van der Waals surface area contributed by atoms with Crippen molar-refractivity contribution in [1.29, 1.82) is 0 Å². The average Bonchev–Trinajstić information content (AvgIpc) is 2.66. The molecule has 2 N–H and O–H groups in total. The van der Waals surface area contributed by atoms with E-state index in [1.165, 1.54) is 12.1 Å². The molecule has 1 aromatic rings. The third kappa shape index (κ3) is 3.23. The van der Waals surface area contributed by atoms with E-state index in [9.17, 15) is 14.3 Å². The number of halogens is 1. The number of aromatic hydroxyl groups is 1. The van der Waals surface area contributed by atoms with Crippen molar-refractivity contribution in [3.05, 3.63) is 29.6 Å². The number of phenols is 1. The maximum atomic E-state index is 12.9. The van der Waals surface area contributed by atoms with Gasteiger partial charge >= 0.3 is 0 Å². The van der Waals surface area contributed by atoms with Crippen LogP contribution in [-0.2, 0) is 0 Å². The summed E-state index contributed by atoms with van der Waals surface area (Å²) in [6.07, 6.45) is 2.86. The molecular weight excluding hydrogens is 247 g/mol. The number of nitrogens with one attached hydrogen (secondary N) is 1. The van der Waals surface area contributed by atoms with Gasteiger partial charge in [0.2, 0.25) is 0 Å². The molecule has 1 atom stereocenters. The number of rotatable bonds is 2. The van der Waals surface area contributed by atoms with Crippen LogP contribution in [0.1, 0.15) is 29.6 Å². The van der Waals surface area contributed by atoms with Gasteiger partial charge in [0.05, 0.1) is 5.56 Å². The summed E-state index contributed by atoms with van der Waals surface area (Å²) in [5.74, 6) is -1.11. The quantitative estimate of drug-likeness (QED) is 0.857. The van der Waals surface area contributed by atoms with E-state index >= 15 is 0 Å². The van der Waals surface area contributed by atoms with Crippen LogP contribution in [-0.4, -0.2) is 42.1 Å². The lowest BCUT2D eigenvalue weighted by Gasteiger charge is -2.27. The van der Waals surface area contributed by atoms with Crippen molar-refractivity contribution in [2.24, 2.45) is 0 Å². The van der Waals surface area contributed by atoms with Crippen LogP contribution < -0.4 is 5.32 Å². The highest BCUT2D eigenvalue weighted by Gasteiger charge is 2.23. The van der Waals surface area contributed by atoms with Crippen LogP contribution in [0.3, 0.4) is 0 Å². The molecule has 104 valence electrons. The molecule has 4 nitrogen and oxygen atoms in total. The Morgan fingerprint density at radius 1 is 1.42 bits per heavy atom. The van der Waals surface area contributed by atoms with E-state index < -0.39 is 5.82 Å². The number of hydrogen-bond donors (Lipinski definition) is 2. The minimum atomic E-state index is -0.546. The Balaban J connectivity index is 2.13. The summed E-state index contributed by atoms with van der Waals surface area (Å²) in [6.45, 7) is 1.86. The lowest BCUT2D eigenvalue weighted by molar-refractivity contribution is 0.0717. The molecule has 19 heavy (non-hydrogen) atoms. The monoisotopic (exact) mass is 266 g/mol. The van der Waals surface area contributed by atoms with Crippen molar-refractivity contribution in [1.82, 2.24) is 10.2 Å². The zero-order valence-electron chi connectivity index (χ0n) is 11.0. The van der Waals surface area contributed by atoms with Crippen molar-refractivity contribution < 1.29 is 14.3 Å². The van der Waals surface area contributed by atoms with Gasteiger partial charge in [-0.1, -0.05) is 0 Å². The van der Waals surface area contributed by atoms with Crippen LogP contribution in [0.15, 0.2) is 18.2 Å². The Kier molecular flexibility index (Phi) is 4.37. The van der Waals surface area contributed by atoms with E-state index in [0.717, 1.165) is 38.4 Å². The van der Waals surface area contributed by atoms with Crippen molar-refractivity contribution in [2.45, 2.75) is 25.3 Å². The van der Waals surface area contributed by atoms with Crippen molar-refractivity contribution in [2.75, 3.05) is 20.1 Å². The minimum absolute atomic E-state index is 0.154. The van der Waals surface area contributed by atoms with Gasteiger partial charge in [-0.3, -0.25) is 4.79 Å². The van der Waals surface area contributed by atoms with Gasteiger partial charge in [-0.25, -0.2) is 4.39 Å². The van der Waals surface area contributed by atoms with Gasteiger partial charge in [-0.2, -0.15) is 0 Å². The number of hydrogen-bond acceptors (Lipinski definition) is 3. The molecular formula is C14H19FN2O2. The smallest absolute Gasteiger partial charge is 0.257 e. The Morgan fingerprint density at radius 2 is 2.21 bits per heavy atom. The average molecular weight is 266 g/mol. The molecule has 0 bridgehead atoms. The fraction of sp³-hybridized carbons (Fsp3) is 0.500. The summed E-state index contributed by atoms with van der Waals surface area (Å²) in [4.78, 5) is 14.0. The fourth-order valence-corrected chi connectivity index (χ4v) is 2.43. The standard InChI is InChI=1S/C14H19FN2O2/c1-17(11-3-2-7-16-8-6-11)14(19)12-5-4-10(15)9-13(12)18/h4-5,9,11,16,18H,2-3,6-8H2,1H3. The topological polar surface area (TPSA) is 52.6 Å². The number of phenolic OH excluding ortho intramolecular Hbond substituents is 1. The molecule has 1 aromatic carbocycles. The normalized spacial score (nSPS) is 19.8. The minimum Gasteiger partial charge on any atom is -0.507 e. The highest BCUT2D eigenvalue weighted by molar-refractivity contribution is 5.96.